The predicted molar refractivity (Wildman–Crippen MR) is 116 cm³/mol. The molecule has 31 heavy (non-hydrogen) atoms. The van der Waals surface area contributed by atoms with Crippen molar-refractivity contribution >= 4 is 40.3 Å². The first kappa shape index (κ1) is 21.4. The third-order valence-electron chi connectivity index (χ3n) is 3.90. The number of rotatable bonds is 6. The van der Waals surface area contributed by atoms with Crippen molar-refractivity contribution in [3.8, 4) is 11.5 Å². The van der Waals surface area contributed by atoms with Gasteiger partial charge >= 0.3 is 12.2 Å². The van der Waals surface area contributed by atoms with Gasteiger partial charge in [-0.2, -0.15) is 0 Å². The molecule has 0 atom stereocenters. The number of amides is 2. The van der Waals surface area contributed by atoms with E-state index in [4.69, 9.17) is 19.9 Å². The molecule has 160 valence electrons. The number of nitrogen functional groups attached to an aromatic ring is 1. The molecular formula is C21H21N5O5. The highest BCUT2D eigenvalue weighted by Crippen LogP contribution is 2.37. The molecule has 10 nitrogen and oxygen atoms in total. The summed E-state index contributed by atoms with van der Waals surface area (Å²) in [4.78, 5) is 32.1. The second-order valence-corrected chi connectivity index (χ2v) is 6.24. The monoisotopic (exact) mass is 423 g/mol. The molecule has 2 amide bonds. The number of hydrogen-bond acceptors (Lipinski definition) is 8. The minimum absolute atomic E-state index is 0.0637. The molecule has 0 fully saturated rings. The van der Waals surface area contributed by atoms with Crippen LogP contribution in [-0.4, -0.2) is 28.8 Å². The van der Waals surface area contributed by atoms with Gasteiger partial charge in [0.05, 0.1) is 23.6 Å². The normalized spacial score (nSPS) is 10.3. The summed E-state index contributed by atoms with van der Waals surface area (Å²) in [6, 6.07) is 8.31. The van der Waals surface area contributed by atoms with E-state index in [0.29, 0.717) is 22.3 Å². The fourth-order valence-electron chi connectivity index (χ4n) is 2.69. The smallest absolute Gasteiger partial charge is 0.416 e. The Morgan fingerprint density at radius 1 is 1.06 bits per heavy atom. The number of anilines is 3. The Morgan fingerprint density at radius 2 is 1.87 bits per heavy atom. The molecule has 0 aliphatic carbocycles. The van der Waals surface area contributed by atoms with E-state index >= 15 is 0 Å². The molecule has 0 spiro atoms. The summed E-state index contributed by atoms with van der Waals surface area (Å²) in [6.07, 6.45) is 1.66. The van der Waals surface area contributed by atoms with Gasteiger partial charge in [0.25, 0.3) is 0 Å². The SMILES string of the molecule is C=C(C)OC(=O)Nc1ccc(Oc2ccnc(N)c2NC(=O)OCC)c2cccnc12. The van der Waals surface area contributed by atoms with Gasteiger partial charge in [-0.05, 0) is 38.1 Å². The fourth-order valence-corrected chi connectivity index (χ4v) is 2.69. The van der Waals surface area contributed by atoms with E-state index in [1.54, 1.807) is 50.4 Å². The highest BCUT2D eigenvalue weighted by atomic mass is 16.6. The van der Waals surface area contributed by atoms with Gasteiger partial charge in [-0.3, -0.25) is 15.6 Å². The van der Waals surface area contributed by atoms with Gasteiger partial charge in [0.2, 0.25) is 0 Å². The van der Waals surface area contributed by atoms with Crippen molar-refractivity contribution in [3.63, 3.8) is 0 Å². The molecule has 0 saturated carbocycles. The molecule has 2 heterocycles. The van der Waals surface area contributed by atoms with Gasteiger partial charge in [0.15, 0.2) is 11.6 Å². The predicted octanol–water partition coefficient (Wildman–Crippen LogP) is 4.65. The van der Waals surface area contributed by atoms with Crippen LogP contribution >= 0.6 is 0 Å². The van der Waals surface area contributed by atoms with Crippen LogP contribution in [-0.2, 0) is 9.47 Å². The molecule has 2 aromatic heterocycles. The first-order valence-corrected chi connectivity index (χ1v) is 9.27. The van der Waals surface area contributed by atoms with E-state index in [-0.39, 0.29) is 29.6 Å². The summed E-state index contributed by atoms with van der Waals surface area (Å²) < 4.78 is 15.9. The van der Waals surface area contributed by atoms with E-state index in [1.165, 1.54) is 6.20 Å². The largest absolute Gasteiger partial charge is 0.454 e. The van der Waals surface area contributed by atoms with E-state index in [9.17, 15) is 9.59 Å². The summed E-state index contributed by atoms with van der Waals surface area (Å²) >= 11 is 0. The van der Waals surface area contributed by atoms with Crippen molar-refractivity contribution in [2.45, 2.75) is 13.8 Å². The van der Waals surface area contributed by atoms with E-state index in [0.717, 1.165) is 0 Å². The summed E-state index contributed by atoms with van der Waals surface area (Å²) in [6.45, 7) is 6.98. The second kappa shape index (κ2) is 9.44. The second-order valence-electron chi connectivity index (χ2n) is 6.24. The first-order valence-electron chi connectivity index (χ1n) is 9.27. The van der Waals surface area contributed by atoms with Crippen molar-refractivity contribution in [1.82, 2.24) is 9.97 Å². The van der Waals surface area contributed by atoms with Gasteiger partial charge < -0.3 is 19.9 Å². The third-order valence-corrected chi connectivity index (χ3v) is 3.90. The zero-order valence-electron chi connectivity index (χ0n) is 17.0. The Morgan fingerprint density at radius 3 is 2.61 bits per heavy atom. The van der Waals surface area contributed by atoms with Gasteiger partial charge in [-0.25, -0.2) is 14.6 Å². The number of hydrogen-bond donors (Lipinski definition) is 3. The number of aromatic nitrogens is 2. The molecule has 0 bridgehead atoms. The average molecular weight is 423 g/mol. The number of carbonyl (C=O) groups excluding carboxylic acids is 2. The number of nitrogens with zero attached hydrogens (tertiary/aromatic N) is 2. The van der Waals surface area contributed by atoms with Crippen LogP contribution in [0.4, 0.5) is 26.8 Å². The van der Waals surface area contributed by atoms with Crippen LogP contribution in [0.15, 0.2) is 55.1 Å². The molecule has 0 aliphatic rings. The lowest BCUT2D eigenvalue weighted by atomic mass is 10.1. The van der Waals surface area contributed by atoms with Crippen molar-refractivity contribution in [3.05, 3.63) is 55.1 Å². The van der Waals surface area contributed by atoms with Crippen LogP contribution in [0, 0.1) is 0 Å². The van der Waals surface area contributed by atoms with E-state index in [2.05, 4.69) is 27.2 Å². The standard InChI is InChI=1S/C21H21N5O5/c1-4-29-20(27)26-18-16(9-11-24-19(18)22)31-15-8-7-14(25-21(28)30-12(2)3)17-13(15)6-5-10-23-17/h5-11H,2,4H2,1,3H3,(H2,22,24)(H,25,28)(H,26,27). The van der Waals surface area contributed by atoms with Gasteiger partial charge in [0, 0.05) is 23.8 Å². The summed E-state index contributed by atoms with van der Waals surface area (Å²) in [5.74, 6) is 0.993. The molecule has 3 aromatic rings. The maximum Gasteiger partial charge on any atom is 0.416 e. The van der Waals surface area contributed by atoms with Crippen molar-refractivity contribution in [2.24, 2.45) is 0 Å². The van der Waals surface area contributed by atoms with Crippen LogP contribution < -0.4 is 21.1 Å². The number of nitrogens with one attached hydrogen (secondary N) is 2. The van der Waals surface area contributed by atoms with Gasteiger partial charge in [-0.1, -0.05) is 6.58 Å². The van der Waals surface area contributed by atoms with Crippen LogP contribution in [0.25, 0.3) is 10.9 Å². The molecule has 0 aliphatic heterocycles. The van der Waals surface area contributed by atoms with Crippen LogP contribution in [0.5, 0.6) is 11.5 Å². The maximum absolute atomic E-state index is 12.0. The number of ether oxygens (including phenoxy) is 3. The minimum Gasteiger partial charge on any atom is -0.454 e. The van der Waals surface area contributed by atoms with Crippen molar-refractivity contribution in [2.75, 3.05) is 23.0 Å². The molecule has 10 heteroatoms. The van der Waals surface area contributed by atoms with Crippen molar-refractivity contribution < 1.29 is 23.8 Å². The molecule has 3 rings (SSSR count). The molecule has 0 radical (unpaired) electrons. The molecule has 1 aromatic carbocycles. The number of fused-ring (bicyclic) bond motifs is 1. The Bertz CT molecular complexity index is 1150. The Hall–Kier alpha value is -4.34. The summed E-state index contributed by atoms with van der Waals surface area (Å²) in [5, 5.41) is 5.76. The maximum atomic E-state index is 12.0. The third kappa shape index (κ3) is 5.18. The van der Waals surface area contributed by atoms with E-state index < -0.39 is 12.2 Å². The van der Waals surface area contributed by atoms with Gasteiger partial charge in [0.1, 0.15) is 11.4 Å². The van der Waals surface area contributed by atoms with Crippen molar-refractivity contribution in [1.29, 1.82) is 0 Å². The Labute approximate surface area is 178 Å². The number of allylic oxidation sites excluding steroid dienone is 1. The Balaban J connectivity index is 1.96. The molecule has 0 saturated heterocycles. The highest BCUT2D eigenvalue weighted by Gasteiger charge is 2.17. The topological polar surface area (TPSA) is 138 Å². The summed E-state index contributed by atoms with van der Waals surface area (Å²) in [5.41, 5.74) is 6.98. The summed E-state index contributed by atoms with van der Waals surface area (Å²) in [7, 11) is 0. The first-order chi connectivity index (χ1) is 14.9. The lowest BCUT2D eigenvalue weighted by molar-refractivity contribution is 0.168. The Kier molecular flexibility index (Phi) is 6.51. The van der Waals surface area contributed by atoms with Crippen LogP contribution in [0.1, 0.15) is 13.8 Å². The van der Waals surface area contributed by atoms with E-state index in [1.807, 2.05) is 0 Å². The molecular weight excluding hydrogens is 402 g/mol. The zero-order valence-corrected chi connectivity index (χ0v) is 17.0. The lowest BCUT2D eigenvalue weighted by Crippen LogP contribution is -2.15. The number of nitrogens with two attached hydrogens (primary N) is 1. The molecule has 0 unspecified atom stereocenters. The van der Waals surface area contributed by atoms with Crippen LogP contribution in [0.3, 0.4) is 0 Å². The quantitative estimate of drug-likeness (QED) is 0.487. The number of carbonyl (C=O) groups is 2. The highest BCUT2D eigenvalue weighted by molar-refractivity contribution is 6.01. The van der Waals surface area contributed by atoms with Gasteiger partial charge in [-0.15, -0.1) is 0 Å². The fraction of sp³-hybridized carbons (Fsp3) is 0.143. The zero-order chi connectivity index (χ0) is 22.4. The number of pyridine rings is 2. The minimum atomic E-state index is -0.686. The lowest BCUT2D eigenvalue weighted by Gasteiger charge is -2.16. The van der Waals surface area contributed by atoms with Crippen LogP contribution in [0.2, 0.25) is 0 Å². The number of benzene rings is 1. The molecule has 4 N–H and O–H groups in total. The average Bonchev–Trinajstić information content (AvgIpc) is 2.72.